The fourth-order valence-corrected chi connectivity index (χ4v) is 2.56. The molecule has 0 fully saturated rings. The summed E-state index contributed by atoms with van der Waals surface area (Å²) in [6.45, 7) is 0. The number of halogens is 2. The maximum atomic E-state index is 9.29. The molecule has 0 saturated heterocycles. The summed E-state index contributed by atoms with van der Waals surface area (Å²) in [4.78, 5) is 8.23. The van der Waals surface area contributed by atoms with Gasteiger partial charge in [-0.2, -0.15) is 5.26 Å². The highest BCUT2D eigenvalue weighted by Crippen LogP contribution is 2.30. The lowest BCUT2D eigenvalue weighted by molar-refractivity contribution is 1.30. The summed E-state index contributed by atoms with van der Waals surface area (Å²) in [5.74, 6) is 0. The topological polar surface area (TPSA) is 61.6 Å². The number of nitrogens with zero attached hydrogens (tertiary/aromatic N) is 3. The molecule has 1 N–H and O–H groups in total. The van der Waals surface area contributed by atoms with Crippen molar-refractivity contribution in [2.45, 2.75) is 0 Å². The number of nitrogens with one attached hydrogen (secondary N) is 1. The summed E-state index contributed by atoms with van der Waals surface area (Å²) in [7, 11) is 0. The van der Waals surface area contributed by atoms with Crippen LogP contribution in [0.4, 0.5) is 11.4 Å². The van der Waals surface area contributed by atoms with E-state index in [-0.39, 0.29) is 0 Å². The van der Waals surface area contributed by atoms with Gasteiger partial charge in [0.15, 0.2) is 0 Å². The minimum atomic E-state index is 0.358. The Morgan fingerprint density at radius 2 is 2.05 bits per heavy atom. The highest BCUT2D eigenvalue weighted by molar-refractivity contribution is 9.10. The predicted molar refractivity (Wildman–Crippen MR) is 86.7 cm³/mol. The van der Waals surface area contributed by atoms with Gasteiger partial charge < -0.3 is 5.32 Å². The molecule has 1 aromatic carbocycles. The van der Waals surface area contributed by atoms with Gasteiger partial charge in [0.2, 0.25) is 0 Å². The molecule has 21 heavy (non-hydrogen) atoms. The van der Waals surface area contributed by atoms with Gasteiger partial charge in [0, 0.05) is 21.7 Å². The van der Waals surface area contributed by atoms with Crippen molar-refractivity contribution < 1.29 is 0 Å². The molecular formula is C15H8BrClN4. The number of benzene rings is 1. The van der Waals surface area contributed by atoms with Gasteiger partial charge in [-0.1, -0.05) is 33.6 Å². The molecule has 102 valence electrons. The quantitative estimate of drug-likeness (QED) is 0.676. The molecule has 2 aromatic heterocycles. The largest absolute Gasteiger partial charge is 0.354 e. The Balaban J connectivity index is 2.19. The van der Waals surface area contributed by atoms with Gasteiger partial charge in [0.1, 0.15) is 11.2 Å². The van der Waals surface area contributed by atoms with Crippen LogP contribution in [0.25, 0.3) is 10.9 Å². The zero-order valence-electron chi connectivity index (χ0n) is 10.6. The summed E-state index contributed by atoms with van der Waals surface area (Å²) in [5, 5.41) is 13.7. The monoisotopic (exact) mass is 358 g/mol. The second-order valence-electron chi connectivity index (χ2n) is 4.32. The Bertz CT molecular complexity index is 873. The predicted octanol–water partition coefficient (Wildman–Crippen LogP) is 4.66. The van der Waals surface area contributed by atoms with Crippen LogP contribution < -0.4 is 5.32 Å². The maximum Gasteiger partial charge on any atom is 0.129 e. The van der Waals surface area contributed by atoms with E-state index in [1.54, 1.807) is 12.3 Å². The molecule has 0 aliphatic heterocycles. The number of pyridine rings is 2. The molecule has 6 heteroatoms. The number of hydrogen-bond donors (Lipinski definition) is 1. The van der Waals surface area contributed by atoms with Crippen molar-refractivity contribution in [3.63, 3.8) is 0 Å². The van der Waals surface area contributed by atoms with Crippen LogP contribution >= 0.6 is 27.5 Å². The Kier molecular flexibility index (Phi) is 3.74. The summed E-state index contributed by atoms with van der Waals surface area (Å²) in [6.07, 6.45) is 3.11. The molecule has 0 unspecified atom stereocenters. The van der Waals surface area contributed by atoms with E-state index in [2.05, 4.69) is 37.3 Å². The fraction of sp³-hybridized carbons (Fsp3) is 0. The molecule has 3 rings (SSSR count). The average Bonchev–Trinajstić information content (AvgIpc) is 2.48. The molecule has 0 atom stereocenters. The summed E-state index contributed by atoms with van der Waals surface area (Å²) >= 11 is 9.38. The molecule has 0 radical (unpaired) electrons. The van der Waals surface area contributed by atoms with Crippen molar-refractivity contribution in [3.8, 4) is 6.07 Å². The molecule has 0 amide bonds. The van der Waals surface area contributed by atoms with Crippen LogP contribution in [0, 0.1) is 11.3 Å². The van der Waals surface area contributed by atoms with Crippen molar-refractivity contribution in [2.75, 3.05) is 5.32 Å². The third kappa shape index (κ3) is 2.82. The number of fused-ring (bicyclic) bond motifs is 1. The zero-order chi connectivity index (χ0) is 14.8. The van der Waals surface area contributed by atoms with Gasteiger partial charge in [-0.25, -0.2) is 4.98 Å². The van der Waals surface area contributed by atoms with Crippen LogP contribution in [-0.2, 0) is 0 Å². The second kappa shape index (κ2) is 5.68. The number of rotatable bonds is 2. The maximum absolute atomic E-state index is 9.29. The Morgan fingerprint density at radius 1 is 1.19 bits per heavy atom. The van der Waals surface area contributed by atoms with E-state index in [1.807, 2.05) is 24.3 Å². The van der Waals surface area contributed by atoms with E-state index >= 15 is 0 Å². The van der Waals surface area contributed by atoms with Gasteiger partial charge >= 0.3 is 0 Å². The van der Waals surface area contributed by atoms with Gasteiger partial charge in [0.05, 0.1) is 23.0 Å². The molecule has 0 aliphatic rings. The normalized spacial score (nSPS) is 10.3. The van der Waals surface area contributed by atoms with Gasteiger partial charge in [-0.15, -0.1) is 0 Å². The van der Waals surface area contributed by atoms with Crippen LogP contribution in [0.2, 0.25) is 5.15 Å². The van der Waals surface area contributed by atoms with E-state index in [1.165, 1.54) is 6.20 Å². The molecule has 2 heterocycles. The number of aromatic nitrogens is 2. The van der Waals surface area contributed by atoms with Crippen molar-refractivity contribution in [1.29, 1.82) is 5.26 Å². The van der Waals surface area contributed by atoms with Crippen LogP contribution in [0.15, 0.2) is 47.2 Å². The van der Waals surface area contributed by atoms with E-state index in [0.717, 1.165) is 15.5 Å². The van der Waals surface area contributed by atoms with Crippen molar-refractivity contribution >= 4 is 49.8 Å². The summed E-state index contributed by atoms with van der Waals surface area (Å²) < 4.78 is 0.948. The Morgan fingerprint density at radius 3 is 2.81 bits per heavy atom. The highest BCUT2D eigenvalue weighted by atomic mass is 79.9. The van der Waals surface area contributed by atoms with Crippen LogP contribution in [0.5, 0.6) is 0 Å². The van der Waals surface area contributed by atoms with E-state index in [4.69, 9.17) is 11.6 Å². The number of hydrogen-bond acceptors (Lipinski definition) is 4. The van der Waals surface area contributed by atoms with Crippen LogP contribution in [-0.4, -0.2) is 9.97 Å². The molecule has 0 spiro atoms. The minimum absolute atomic E-state index is 0.358. The Labute approximate surface area is 134 Å². The Hall–Kier alpha value is -2.16. The lowest BCUT2D eigenvalue weighted by Crippen LogP contribution is -1.97. The van der Waals surface area contributed by atoms with Crippen LogP contribution in [0.1, 0.15) is 5.56 Å². The molecule has 0 bridgehead atoms. The van der Waals surface area contributed by atoms with Gasteiger partial charge in [-0.3, -0.25) is 4.98 Å². The first-order chi connectivity index (χ1) is 10.2. The van der Waals surface area contributed by atoms with E-state index in [9.17, 15) is 5.26 Å². The van der Waals surface area contributed by atoms with Crippen LogP contribution in [0.3, 0.4) is 0 Å². The fourth-order valence-electron chi connectivity index (χ4n) is 2.00. The molecule has 0 saturated carbocycles. The van der Waals surface area contributed by atoms with E-state index < -0.39 is 0 Å². The van der Waals surface area contributed by atoms with Crippen molar-refractivity contribution in [3.05, 3.63) is 57.9 Å². The number of anilines is 2. The standard InChI is InChI=1S/C15H8BrClN4/c16-10-2-1-3-11(4-10)21-15-9(6-18)7-19-13-8-20-14(17)5-12(13)15/h1-5,7-8H,(H,19,21). The third-order valence-electron chi connectivity index (χ3n) is 2.94. The lowest BCUT2D eigenvalue weighted by Gasteiger charge is -2.11. The average molecular weight is 360 g/mol. The first-order valence-corrected chi connectivity index (χ1v) is 7.21. The first-order valence-electron chi connectivity index (χ1n) is 6.04. The lowest BCUT2D eigenvalue weighted by atomic mass is 10.1. The first kappa shape index (κ1) is 13.8. The second-order valence-corrected chi connectivity index (χ2v) is 5.62. The van der Waals surface area contributed by atoms with Crippen molar-refractivity contribution in [2.24, 2.45) is 0 Å². The highest BCUT2D eigenvalue weighted by Gasteiger charge is 2.10. The van der Waals surface area contributed by atoms with Crippen molar-refractivity contribution in [1.82, 2.24) is 9.97 Å². The third-order valence-corrected chi connectivity index (χ3v) is 3.64. The minimum Gasteiger partial charge on any atom is -0.354 e. The molecule has 3 aromatic rings. The van der Waals surface area contributed by atoms with E-state index in [0.29, 0.717) is 21.9 Å². The zero-order valence-corrected chi connectivity index (χ0v) is 13.0. The van der Waals surface area contributed by atoms with Gasteiger partial charge in [-0.05, 0) is 24.3 Å². The summed E-state index contributed by atoms with van der Waals surface area (Å²) in [5.41, 5.74) is 2.66. The number of nitriles is 1. The SMILES string of the molecule is N#Cc1cnc2cnc(Cl)cc2c1Nc1cccc(Br)c1. The summed E-state index contributed by atoms with van der Waals surface area (Å²) in [6, 6.07) is 11.5. The molecule has 0 aliphatic carbocycles. The van der Waals surface area contributed by atoms with Gasteiger partial charge in [0.25, 0.3) is 0 Å². The smallest absolute Gasteiger partial charge is 0.129 e. The molecular weight excluding hydrogens is 352 g/mol. The molecule has 4 nitrogen and oxygen atoms in total.